The van der Waals surface area contributed by atoms with E-state index in [0.717, 1.165) is 19.3 Å². The molecule has 6 nitrogen and oxygen atoms in total. The molecule has 1 aliphatic carbocycles. The number of halogens is 1. The molecule has 0 radical (unpaired) electrons. The molecule has 1 aromatic heterocycles. The van der Waals surface area contributed by atoms with Gasteiger partial charge >= 0.3 is 5.97 Å². The smallest absolute Gasteiger partial charge is 0.344 e. The SMILES string of the molecule is O=C(COc1ccc2c(c1)CCC2)OCc1nc(-c2ccc(F)cc2)no1. The molecule has 1 aliphatic rings. The third kappa shape index (κ3) is 4.13. The third-order valence-electron chi connectivity index (χ3n) is 4.35. The van der Waals surface area contributed by atoms with E-state index < -0.39 is 5.97 Å². The minimum atomic E-state index is -0.531. The van der Waals surface area contributed by atoms with Crippen LogP contribution in [0.5, 0.6) is 5.75 Å². The van der Waals surface area contributed by atoms with Gasteiger partial charge in [0.2, 0.25) is 5.82 Å². The number of aryl methyl sites for hydroxylation is 2. The van der Waals surface area contributed by atoms with E-state index in [1.165, 1.54) is 23.3 Å². The standard InChI is InChI=1S/C20H17FN2O4/c21-16-7-4-14(5-8-16)20-22-18(27-23-20)11-26-19(24)12-25-17-9-6-13-2-1-3-15(13)10-17/h4-10H,1-3,11-12H2. The van der Waals surface area contributed by atoms with Crippen molar-refractivity contribution in [3.63, 3.8) is 0 Å². The molecular formula is C20H17FN2O4. The van der Waals surface area contributed by atoms with E-state index in [2.05, 4.69) is 10.1 Å². The van der Waals surface area contributed by atoms with Crippen LogP contribution in [0.3, 0.4) is 0 Å². The summed E-state index contributed by atoms with van der Waals surface area (Å²) < 4.78 is 28.6. The maximum absolute atomic E-state index is 12.9. The molecule has 0 N–H and O–H groups in total. The molecule has 138 valence electrons. The number of benzene rings is 2. The summed E-state index contributed by atoms with van der Waals surface area (Å²) in [5, 5.41) is 3.79. The summed E-state index contributed by atoms with van der Waals surface area (Å²) in [6, 6.07) is 11.6. The van der Waals surface area contributed by atoms with Gasteiger partial charge in [0.05, 0.1) is 0 Å². The monoisotopic (exact) mass is 368 g/mol. The highest BCUT2D eigenvalue weighted by Crippen LogP contribution is 2.26. The first-order chi connectivity index (χ1) is 13.2. The Morgan fingerprint density at radius 3 is 2.78 bits per heavy atom. The Bertz CT molecular complexity index is 953. The van der Waals surface area contributed by atoms with Crippen molar-refractivity contribution in [2.75, 3.05) is 6.61 Å². The van der Waals surface area contributed by atoms with Gasteiger partial charge in [-0.25, -0.2) is 9.18 Å². The molecule has 4 rings (SSSR count). The Morgan fingerprint density at radius 1 is 1.11 bits per heavy atom. The molecule has 1 heterocycles. The van der Waals surface area contributed by atoms with E-state index in [0.29, 0.717) is 17.1 Å². The molecule has 0 bridgehead atoms. The zero-order chi connectivity index (χ0) is 18.6. The number of aromatic nitrogens is 2. The van der Waals surface area contributed by atoms with Crippen molar-refractivity contribution in [3.8, 4) is 17.1 Å². The lowest BCUT2D eigenvalue weighted by atomic mass is 10.1. The molecule has 0 fully saturated rings. The van der Waals surface area contributed by atoms with E-state index in [1.54, 1.807) is 12.1 Å². The number of nitrogens with zero attached hydrogens (tertiary/aromatic N) is 2. The van der Waals surface area contributed by atoms with Gasteiger partial charge in [-0.1, -0.05) is 11.2 Å². The van der Waals surface area contributed by atoms with E-state index in [9.17, 15) is 9.18 Å². The first-order valence-corrected chi connectivity index (χ1v) is 8.66. The molecule has 7 heteroatoms. The molecule has 0 aliphatic heterocycles. The largest absolute Gasteiger partial charge is 0.482 e. The lowest BCUT2D eigenvalue weighted by Crippen LogP contribution is -2.15. The van der Waals surface area contributed by atoms with Crippen molar-refractivity contribution in [2.45, 2.75) is 25.9 Å². The highest BCUT2D eigenvalue weighted by molar-refractivity contribution is 5.71. The molecule has 0 atom stereocenters. The summed E-state index contributed by atoms with van der Waals surface area (Å²) in [6.45, 7) is -0.349. The molecule has 0 spiro atoms. The Balaban J connectivity index is 1.27. The highest BCUT2D eigenvalue weighted by atomic mass is 19.1. The van der Waals surface area contributed by atoms with Crippen LogP contribution < -0.4 is 4.74 Å². The van der Waals surface area contributed by atoms with Gasteiger partial charge in [-0.3, -0.25) is 0 Å². The van der Waals surface area contributed by atoms with Crippen molar-refractivity contribution in [3.05, 3.63) is 65.3 Å². The Hall–Kier alpha value is -3.22. The van der Waals surface area contributed by atoms with Crippen molar-refractivity contribution in [1.82, 2.24) is 10.1 Å². The number of carbonyl (C=O) groups is 1. The molecule has 0 saturated carbocycles. The second-order valence-corrected chi connectivity index (χ2v) is 6.25. The van der Waals surface area contributed by atoms with Crippen LogP contribution in [0, 0.1) is 5.82 Å². The Kier molecular flexibility index (Phi) is 4.82. The van der Waals surface area contributed by atoms with E-state index in [4.69, 9.17) is 14.0 Å². The average molecular weight is 368 g/mol. The normalized spacial score (nSPS) is 12.6. The number of esters is 1. The first kappa shape index (κ1) is 17.2. The van der Waals surface area contributed by atoms with Crippen molar-refractivity contribution < 1.29 is 23.2 Å². The second-order valence-electron chi connectivity index (χ2n) is 6.25. The van der Waals surface area contributed by atoms with Gasteiger partial charge in [0.1, 0.15) is 11.6 Å². The fourth-order valence-corrected chi connectivity index (χ4v) is 2.99. The van der Waals surface area contributed by atoms with E-state index in [1.807, 2.05) is 18.2 Å². The summed E-state index contributed by atoms with van der Waals surface area (Å²) in [4.78, 5) is 16.0. The summed E-state index contributed by atoms with van der Waals surface area (Å²) >= 11 is 0. The maximum atomic E-state index is 12.9. The summed E-state index contributed by atoms with van der Waals surface area (Å²) in [5.74, 6) is 0.233. The van der Waals surface area contributed by atoms with Crippen molar-refractivity contribution in [1.29, 1.82) is 0 Å². The molecular weight excluding hydrogens is 351 g/mol. The maximum Gasteiger partial charge on any atom is 0.344 e. The topological polar surface area (TPSA) is 74.5 Å². The molecule has 0 saturated heterocycles. The number of ether oxygens (including phenoxy) is 2. The van der Waals surface area contributed by atoms with Gasteiger partial charge in [-0.15, -0.1) is 0 Å². The molecule has 27 heavy (non-hydrogen) atoms. The Labute approximate surface area is 154 Å². The minimum absolute atomic E-state index is 0.152. The van der Waals surface area contributed by atoms with E-state index >= 15 is 0 Å². The third-order valence-corrected chi connectivity index (χ3v) is 4.35. The molecule has 2 aromatic carbocycles. The quantitative estimate of drug-likeness (QED) is 0.620. The highest BCUT2D eigenvalue weighted by Gasteiger charge is 2.14. The minimum Gasteiger partial charge on any atom is -0.482 e. The van der Waals surface area contributed by atoms with Crippen LogP contribution in [0.1, 0.15) is 23.4 Å². The van der Waals surface area contributed by atoms with Crippen LogP contribution in [-0.4, -0.2) is 22.7 Å². The molecule has 0 amide bonds. The van der Waals surface area contributed by atoms with Crippen molar-refractivity contribution in [2.24, 2.45) is 0 Å². The predicted octanol–water partition coefficient (Wildman–Crippen LogP) is 3.49. The Morgan fingerprint density at radius 2 is 1.93 bits per heavy atom. The van der Waals surface area contributed by atoms with Gasteiger partial charge in [-0.2, -0.15) is 4.98 Å². The zero-order valence-corrected chi connectivity index (χ0v) is 14.5. The molecule has 3 aromatic rings. The van der Waals surface area contributed by atoms with Crippen LogP contribution in [0.2, 0.25) is 0 Å². The van der Waals surface area contributed by atoms with Gasteiger partial charge < -0.3 is 14.0 Å². The lowest BCUT2D eigenvalue weighted by molar-refractivity contribution is -0.148. The first-order valence-electron chi connectivity index (χ1n) is 8.66. The predicted molar refractivity (Wildman–Crippen MR) is 93.5 cm³/mol. The fraction of sp³-hybridized carbons (Fsp3) is 0.250. The van der Waals surface area contributed by atoms with Gasteiger partial charge in [-0.05, 0) is 66.8 Å². The van der Waals surface area contributed by atoms with Crippen LogP contribution >= 0.6 is 0 Å². The number of fused-ring (bicyclic) bond motifs is 1. The van der Waals surface area contributed by atoms with Crippen LogP contribution in [-0.2, 0) is 29.0 Å². The van der Waals surface area contributed by atoms with E-state index in [-0.39, 0.29) is 24.9 Å². The zero-order valence-electron chi connectivity index (χ0n) is 14.5. The number of hydrogen-bond acceptors (Lipinski definition) is 6. The lowest BCUT2D eigenvalue weighted by Gasteiger charge is -2.07. The number of hydrogen-bond donors (Lipinski definition) is 0. The molecule has 0 unspecified atom stereocenters. The number of rotatable bonds is 6. The summed E-state index contributed by atoms with van der Waals surface area (Å²) in [6.07, 6.45) is 3.30. The van der Waals surface area contributed by atoms with Gasteiger partial charge in [0.25, 0.3) is 5.89 Å². The average Bonchev–Trinajstić information content (AvgIpc) is 3.34. The fourth-order valence-electron chi connectivity index (χ4n) is 2.99. The van der Waals surface area contributed by atoms with Gasteiger partial charge in [0, 0.05) is 5.56 Å². The van der Waals surface area contributed by atoms with Crippen molar-refractivity contribution >= 4 is 5.97 Å². The van der Waals surface area contributed by atoms with Gasteiger partial charge in [0.15, 0.2) is 13.2 Å². The summed E-state index contributed by atoms with van der Waals surface area (Å²) in [7, 11) is 0. The summed E-state index contributed by atoms with van der Waals surface area (Å²) in [5.41, 5.74) is 3.23. The van der Waals surface area contributed by atoms with Crippen LogP contribution in [0.15, 0.2) is 47.0 Å². The van der Waals surface area contributed by atoms with Crippen LogP contribution in [0.25, 0.3) is 11.4 Å². The number of carbonyl (C=O) groups excluding carboxylic acids is 1. The second kappa shape index (κ2) is 7.57. The van der Waals surface area contributed by atoms with Crippen LogP contribution in [0.4, 0.5) is 4.39 Å².